The molecule has 2 rings (SSSR count). The predicted octanol–water partition coefficient (Wildman–Crippen LogP) is 3.03. The number of hydrogen-bond donors (Lipinski definition) is 1. The fraction of sp³-hybridized carbons (Fsp3) is 0.500. The molecule has 1 aliphatic rings. The Morgan fingerprint density at radius 2 is 2.33 bits per heavy atom. The molecule has 2 atom stereocenters. The van der Waals surface area contributed by atoms with Gasteiger partial charge in [-0.25, -0.2) is 4.39 Å². The second kappa shape index (κ2) is 4.54. The summed E-state index contributed by atoms with van der Waals surface area (Å²) >= 11 is 1.94. The van der Waals surface area contributed by atoms with E-state index in [9.17, 15) is 4.39 Å². The summed E-state index contributed by atoms with van der Waals surface area (Å²) in [6.07, 6.45) is 2.44. The zero-order valence-electron chi connectivity index (χ0n) is 8.87. The Hall–Kier alpha value is -0.540. The lowest BCUT2D eigenvalue weighted by Crippen LogP contribution is -2.21. The van der Waals surface area contributed by atoms with E-state index in [4.69, 9.17) is 5.73 Å². The van der Waals surface area contributed by atoms with Gasteiger partial charge in [0.1, 0.15) is 5.82 Å². The first-order valence-corrected chi connectivity index (χ1v) is 6.36. The van der Waals surface area contributed by atoms with Gasteiger partial charge in [-0.2, -0.15) is 11.8 Å². The lowest BCUT2D eigenvalue weighted by atomic mass is 10.00. The Balaban J connectivity index is 2.17. The summed E-state index contributed by atoms with van der Waals surface area (Å²) in [5.41, 5.74) is 7.93. The van der Waals surface area contributed by atoms with Crippen LogP contribution in [0.4, 0.5) is 4.39 Å². The molecule has 1 heterocycles. The van der Waals surface area contributed by atoms with Crippen molar-refractivity contribution in [2.75, 3.05) is 5.75 Å². The summed E-state index contributed by atoms with van der Waals surface area (Å²) in [6, 6.07) is 5.26. The number of halogens is 1. The van der Waals surface area contributed by atoms with Crippen molar-refractivity contribution in [1.29, 1.82) is 0 Å². The van der Waals surface area contributed by atoms with Gasteiger partial charge in [-0.3, -0.25) is 0 Å². The van der Waals surface area contributed by atoms with Crippen molar-refractivity contribution in [1.82, 2.24) is 0 Å². The fourth-order valence-electron chi connectivity index (χ4n) is 1.98. The van der Waals surface area contributed by atoms with Crippen LogP contribution in [0.25, 0.3) is 0 Å². The maximum Gasteiger partial charge on any atom is 0.126 e. The van der Waals surface area contributed by atoms with Gasteiger partial charge in [0.25, 0.3) is 0 Å². The van der Waals surface area contributed by atoms with Gasteiger partial charge in [-0.1, -0.05) is 12.1 Å². The minimum Gasteiger partial charge on any atom is -0.323 e. The van der Waals surface area contributed by atoms with Crippen LogP contribution in [0.15, 0.2) is 18.2 Å². The van der Waals surface area contributed by atoms with Crippen LogP contribution in [0.2, 0.25) is 0 Å². The molecule has 0 radical (unpaired) electrons. The van der Waals surface area contributed by atoms with E-state index in [0.717, 1.165) is 5.56 Å². The van der Waals surface area contributed by atoms with Gasteiger partial charge >= 0.3 is 0 Å². The lowest BCUT2D eigenvalue weighted by Gasteiger charge is -2.19. The van der Waals surface area contributed by atoms with E-state index in [0.29, 0.717) is 10.8 Å². The van der Waals surface area contributed by atoms with E-state index in [1.54, 1.807) is 6.92 Å². The highest BCUT2D eigenvalue weighted by Gasteiger charge is 2.23. The first-order chi connectivity index (χ1) is 7.18. The number of nitrogens with two attached hydrogens (primary N) is 1. The highest BCUT2D eigenvalue weighted by atomic mass is 32.2. The average molecular weight is 225 g/mol. The third kappa shape index (κ3) is 2.34. The van der Waals surface area contributed by atoms with Crippen molar-refractivity contribution < 1.29 is 4.39 Å². The second-order valence-corrected chi connectivity index (χ2v) is 5.43. The minimum absolute atomic E-state index is 0.0526. The maximum absolute atomic E-state index is 13.1. The highest BCUT2D eigenvalue weighted by Crippen LogP contribution is 2.34. The first-order valence-electron chi connectivity index (χ1n) is 5.31. The number of rotatable bonds is 2. The molecule has 1 saturated heterocycles. The molecule has 82 valence electrons. The normalized spacial score (nSPS) is 23.0. The van der Waals surface area contributed by atoms with Crippen LogP contribution in [-0.4, -0.2) is 11.0 Å². The molecule has 0 saturated carbocycles. The van der Waals surface area contributed by atoms with Crippen LogP contribution in [0.5, 0.6) is 0 Å². The number of benzene rings is 1. The largest absolute Gasteiger partial charge is 0.323 e. The number of aryl methyl sites for hydroxylation is 1. The number of hydrogen-bond acceptors (Lipinski definition) is 2. The zero-order chi connectivity index (χ0) is 10.8. The van der Waals surface area contributed by atoms with Crippen LogP contribution in [0, 0.1) is 12.7 Å². The van der Waals surface area contributed by atoms with Crippen molar-refractivity contribution in [3.63, 3.8) is 0 Å². The summed E-state index contributed by atoms with van der Waals surface area (Å²) < 4.78 is 13.1. The van der Waals surface area contributed by atoms with Gasteiger partial charge in [0.15, 0.2) is 0 Å². The molecule has 0 bridgehead atoms. The molecule has 2 unspecified atom stereocenters. The van der Waals surface area contributed by atoms with E-state index >= 15 is 0 Å². The first kappa shape index (κ1) is 11.0. The summed E-state index contributed by atoms with van der Waals surface area (Å²) in [4.78, 5) is 0. The minimum atomic E-state index is -0.148. The third-order valence-electron chi connectivity index (χ3n) is 2.93. The van der Waals surface area contributed by atoms with Crippen LogP contribution < -0.4 is 5.73 Å². The predicted molar refractivity (Wildman–Crippen MR) is 63.5 cm³/mol. The average Bonchev–Trinajstić information content (AvgIpc) is 2.74. The van der Waals surface area contributed by atoms with Crippen LogP contribution in [0.3, 0.4) is 0 Å². The van der Waals surface area contributed by atoms with Gasteiger partial charge in [-0.15, -0.1) is 0 Å². The Morgan fingerprint density at radius 1 is 1.53 bits per heavy atom. The van der Waals surface area contributed by atoms with E-state index < -0.39 is 0 Å². The molecule has 0 amide bonds. The number of thioether (sulfide) groups is 1. The van der Waals surface area contributed by atoms with Gasteiger partial charge in [0, 0.05) is 11.3 Å². The molecule has 1 fully saturated rings. The third-order valence-corrected chi connectivity index (χ3v) is 4.41. The smallest absolute Gasteiger partial charge is 0.126 e. The van der Waals surface area contributed by atoms with Gasteiger partial charge < -0.3 is 5.73 Å². The Labute approximate surface area is 94.2 Å². The van der Waals surface area contributed by atoms with E-state index in [-0.39, 0.29) is 11.9 Å². The van der Waals surface area contributed by atoms with Crippen molar-refractivity contribution in [3.05, 3.63) is 35.1 Å². The molecule has 1 nitrogen and oxygen atoms in total. The molecular weight excluding hydrogens is 209 g/mol. The summed E-state index contributed by atoms with van der Waals surface area (Å²) in [5, 5.41) is 0.509. The molecule has 0 spiro atoms. The van der Waals surface area contributed by atoms with Crippen molar-refractivity contribution in [3.8, 4) is 0 Å². The van der Waals surface area contributed by atoms with E-state index in [1.807, 2.05) is 23.9 Å². The molecule has 0 aliphatic carbocycles. The monoisotopic (exact) mass is 225 g/mol. The van der Waals surface area contributed by atoms with Crippen molar-refractivity contribution >= 4 is 11.8 Å². The quantitative estimate of drug-likeness (QED) is 0.837. The van der Waals surface area contributed by atoms with Crippen LogP contribution in [-0.2, 0) is 0 Å². The Bertz CT molecular complexity index is 347. The molecule has 1 aliphatic heterocycles. The second-order valence-electron chi connectivity index (χ2n) is 4.09. The molecule has 1 aromatic rings. The topological polar surface area (TPSA) is 26.0 Å². The SMILES string of the molecule is Cc1cc(C(N)C2CCCS2)ccc1F. The van der Waals surface area contributed by atoms with E-state index in [1.165, 1.54) is 24.7 Å². The van der Waals surface area contributed by atoms with Crippen LogP contribution in [0.1, 0.15) is 30.0 Å². The molecule has 0 aromatic heterocycles. The van der Waals surface area contributed by atoms with Gasteiger partial charge in [0.05, 0.1) is 0 Å². The fourth-order valence-corrected chi connectivity index (χ4v) is 3.31. The summed E-state index contributed by atoms with van der Waals surface area (Å²) in [5.74, 6) is 1.06. The molecule has 15 heavy (non-hydrogen) atoms. The maximum atomic E-state index is 13.1. The summed E-state index contributed by atoms with van der Waals surface area (Å²) in [6.45, 7) is 1.79. The van der Waals surface area contributed by atoms with Crippen LogP contribution >= 0.6 is 11.8 Å². The molecule has 2 N–H and O–H groups in total. The molecular formula is C12H16FNS. The van der Waals surface area contributed by atoms with Crippen molar-refractivity contribution in [2.24, 2.45) is 5.73 Å². The van der Waals surface area contributed by atoms with Gasteiger partial charge in [-0.05, 0) is 42.7 Å². The summed E-state index contributed by atoms with van der Waals surface area (Å²) in [7, 11) is 0. The molecule has 1 aromatic carbocycles. The Kier molecular flexibility index (Phi) is 3.32. The van der Waals surface area contributed by atoms with E-state index in [2.05, 4.69) is 0 Å². The highest BCUT2D eigenvalue weighted by molar-refractivity contribution is 8.00. The zero-order valence-corrected chi connectivity index (χ0v) is 9.69. The van der Waals surface area contributed by atoms with Crippen molar-refractivity contribution in [2.45, 2.75) is 31.1 Å². The lowest BCUT2D eigenvalue weighted by molar-refractivity contribution is 0.610. The van der Waals surface area contributed by atoms with Gasteiger partial charge in [0.2, 0.25) is 0 Å². The standard InChI is InChI=1S/C12H16FNS/c1-8-7-9(4-5-10(8)13)12(14)11-3-2-6-15-11/h4-5,7,11-12H,2-3,6,14H2,1H3. The Morgan fingerprint density at radius 3 is 2.93 bits per heavy atom. The molecule has 3 heteroatoms.